The van der Waals surface area contributed by atoms with Crippen LogP contribution in [0.3, 0.4) is 0 Å². The van der Waals surface area contributed by atoms with E-state index in [9.17, 15) is 33.6 Å². The van der Waals surface area contributed by atoms with Gasteiger partial charge in [0, 0.05) is 66.2 Å². The van der Waals surface area contributed by atoms with E-state index in [0.717, 1.165) is 46.7 Å². The summed E-state index contributed by atoms with van der Waals surface area (Å²) >= 11 is 1.11. The summed E-state index contributed by atoms with van der Waals surface area (Å²) in [5.74, 6) is -3.49. The lowest BCUT2D eigenvalue weighted by molar-refractivity contribution is -0.161. The molecule has 1 saturated heterocycles. The van der Waals surface area contributed by atoms with Gasteiger partial charge in [0.25, 0.3) is 5.91 Å². The number of carbonyl (C=O) groups is 7. The molecule has 4 N–H and O–H groups in total. The van der Waals surface area contributed by atoms with Crippen molar-refractivity contribution >= 4 is 74.6 Å². The van der Waals surface area contributed by atoms with Crippen LogP contribution >= 0.6 is 32.9 Å². The van der Waals surface area contributed by atoms with Crippen molar-refractivity contribution in [3.63, 3.8) is 0 Å². The minimum absolute atomic E-state index is 0.00551. The van der Waals surface area contributed by atoms with Gasteiger partial charge < -0.3 is 29.7 Å². The number of ether oxygens (including phenoxy) is 3. The molecule has 1 aliphatic rings. The quantitative estimate of drug-likeness (QED) is 0.0143. The van der Waals surface area contributed by atoms with Crippen molar-refractivity contribution in [2.24, 2.45) is 23.7 Å². The smallest absolute Gasteiger partial charge is 0.426 e. The maximum absolute atomic E-state index is 15.0. The van der Waals surface area contributed by atoms with Gasteiger partial charge in [-0.05, 0) is 81.6 Å². The Labute approximate surface area is 442 Å². The number of likely N-dealkylation sites (tertiary alicyclic amines) is 1. The Morgan fingerprint density at radius 1 is 0.918 bits per heavy atom. The first-order chi connectivity index (χ1) is 34.8. The van der Waals surface area contributed by atoms with E-state index in [0.29, 0.717) is 30.0 Å². The van der Waals surface area contributed by atoms with Gasteiger partial charge in [0.15, 0.2) is 12.8 Å². The van der Waals surface area contributed by atoms with E-state index in [1.165, 1.54) is 33.4 Å². The molecule has 0 aliphatic carbocycles. The molecule has 1 fully saturated rings. The van der Waals surface area contributed by atoms with Gasteiger partial charge in [0.1, 0.15) is 23.4 Å². The third-order valence-corrected chi connectivity index (χ3v) is 15.8. The zero-order valence-corrected chi connectivity index (χ0v) is 46.4. The number of amides is 5. The van der Waals surface area contributed by atoms with Crippen LogP contribution in [-0.4, -0.2) is 118 Å². The molecule has 0 spiro atoms. The number of nitrogens with zero attached hydrogens (tertiary/aromatic N) is 4. The van der Waals surface area contributed by atoms with Crippen LogP contribution < -0.4 is 21.5 Å². The number of esters is 2. The predicted molar refractivity (Wildman–Crippen MR) is 284 cm³/mol. The standard InChI is InChI=1S/C52H76N8O10S3/c1-11-35(7)46(56-49(65)42-14-12-13-23-59(42)10)51(66)60(31-69-45(62)26-32(2)3)43(33(4)5)29-44(70-37(9)61)50-55-41(30-71-50)48(64)54-39(28-38-17-15-34(6)16-18-38)27-36(8)47(63)57-58-52(67)68-24-25-72-73-40-19-21-53-22-20-40/h15-22,30,32-33,35-36,39,42-44,46H,11-14,23-29,31H2,1-10H3,(H,54,64)(H,56,65)(H,57,63)(H,58,67)/t35-,36-,39+,42+,43+,44+,46-/m0/s1. The topological polar surface area (TPSA) is 228 Å². The van der Waals surface area contributed by atoms with Crippen LogP contribution in [0.2, 0.25) is 0 Å². The zero-order chi connectivity index (χ0) is 53.6. The average Bonchev–Trinajstić information content (AvgIpc) is 3.85. The number of piperidine rings is 1. The fourth-order valence-electron chi connectivity index (χ4n) is 8.23. The monoisotopic (exact) mass is 1070 g/mol. The highest BCUT2D eigenvalue weighted by Gasteiger charge is 2.39. The molecule has 402 valence electrons. The molecule has 0 saturated carbocycles. The summed E-state index contributed by atoms with van der Waals surface area (Å²) in [7, 11) is 4.95. The van der Waals surface area contributed by atoms with E-state index in [1.54, 1.807) is 24.7 Å². The molecule has 5 amide bonds. The van der Waals surface area contributed by atoms with Crippen molar-refractivity contribution in [1.29, 1.82) is 0 Å². The van der Waals surface area contributed by atoms with E-state index < -0.39 is 72.6 Å². The van der Waals surface area contributed by atoms with E-state index >= 15 is 0 Å². The summed E-state index contributed by atoms with van der Waals surface area (Å²) in [5.41, 5.74) is 6.75. The Hall–Kier alpha value is -5.25. The SMILES string of the molecule is CC[C@H](C)[C@H](NC(=O)[C@H]1CCCCN1C)C(=O)N(COC(=O)CC(C)C)[C@H](C[C@@H](OC(C)=O)c1nc(C(=O)N[C@@H](Cc2ccc(C)cc2)C[C@H](C)C(=O)NNC(=O)OCCSSc2ccncc2)cs1)C(C)C. The van der Waals surface area contributed by atoms with E-state index in [2.05, 4.69) is 31.5 Å². The third kappa shape index (κ3) is 20.5. The van der Waals surface area contributed by atoms with E-state index in [1.807, 2.05) is 96.8 Å². The number of likely N-dealkylation sites (N-methyl/N-ethyl adjacent to an activating group) is 1. The molecular formula is C52H76N8O10S3. The minimum Gasteiger partial charge on any atom is -0.455 e. The zero-order valence-electron chi connectivity index (χ0n) is 44.0. The molecule has 21 heteroatoms. The number of aryl methyl sites for hydroxylation is 1. The largest absolute Gasteiger partial charge is 0.455 e. The average molecular weight is 1070 g/mol. The van der Waals surface area contributed by atoms with Crippen LogP contribution in [0.4, 0.5) is 4.79 Å². The second-order valence-corrected chi connectivity index (χ2v) is 22.8. The van der Waals surface area contributed by atoms with E-state index in [4.69, 9.17) is 14.2 Å². The first-order valence-electron chi connectivity index (χ1n) is 25.1. The van der Waals surface area contributed by atoms with Crippen LogP contribution in [0.25, 0.3) is 0 Å². The van der Waals surface area contributed by atoms with Crippen molar-refractivity contribution in [2.45, 2.75) is 149 Å². The first-order valence-corrected chi connectivity index (χ1v) is 28.3. The van der Waals surface area contributed by atoms with Crippen molar-refractivity contribution in [3.05, 3.63) is 76.0 Å². The highest BCUT2D eigenvalue weighted by molar-refractivity contribution is 8.76. The molecule has 0 radical (unpaired) electrons. The summed E-state index contributed by atoms with van der Waals surface area (Å²) in [6.07, 6.45) is 5.41. The van der Waals surface area contributed by atoms with Gasteiger partial charge in [-0.25, -0.2) is 15.2 Å². The lowest BCUT2D eigenvalue weighted by Crippen LogP contribution is -2.59. The summed E-state index contributed by atoms with van der Waals surface area (Å²) < 4.78 is 16.9. The molecule has 4 rings (SSSR count). The van der Waals surface area contributed by atoms with Crippen molar-refractivity contribution in [1.82, 2.24) is 41.3 Å². The van der Waals surface area contributed by atoms with Gasteiger partial charge in [-0.15, -0.1) is 11.3 Å². The summed E-state index contributed by atoms with van der Waals surface area (Å²) in [6, 6.07) is 8.99. The van der Waals surface area contributed by atoms with Gasteiger partial charge in [-0.1, -0.05) is 113 Å². The maximum atomic E-state index is 15.0. The molecule has 3 heterocycles. The number of nitrogens with one attached hydrogen (secondary N) is 4. The number of aromatic nitrogens is 2. The summed E-state index contributed by atoms with van der Waals surface area (Å²) in [6.45, 7) is 16.9. The van der Waals surface area contributed by atoms with Crippen LogP contribution in [-0.2, 0) is 44.6 Å². The van der Waals surface area contributed by atoms with Crippen LogP contribution in [0.15, 0.2) is 59.1 Å². The second kappa shape index (κ2) is 30.8. The molecule has 1 aliphatic heterocycles. The maximum Gasteiger partial charge on any atom is 0.426 e. The molecule has 0 unspecified atom stereocenters. The fourth-order valence-corrected chi connectivity index (χ4v) is 10.9. The highest BCUT2D eigenvalue weighted by Crippen LogP contribution is 2.33. The number of hydrogen-bond donors (Lipinski definition) is 4. The number of benzene rings is 1. The molecule has 3 aromatic rings. The molecule has 18 nitrogen and oxygen atoms in total. The molecule has 2 aromatic heterocycles. The lowest BCUT2D eigenvalue weighted by Gasteiger charge is -2.39. The van der Waals surface area contributed by atoms with Crippen LogP contribution in [0.5, 0.6) is 0 Å². The number of thiazole rings is 1. The molecular weight excluding hydrogens is 993 g/mol. The fraction of sp³-hybridized carbons (Fsp3) is 0.596. The van der Waals surface area contributed by atoms with Crippen LogP contribution in [0.1, 0.15) is 133 Å². The van der Waals surface area contributed by atoms with Gasteiger partial charge in [0.2, 0.25) is 17.7 Å². The Kier molecular flexibility index (Phi) is 25.5. The first kappa shape index (κ1) is 60.3. The van der Waals surface area contributed by atoms with Gasteiger partial charge in [0.05, 0.1) is 6.04 Å². The summed E-state index contributed by atoms with van der Waals surface area (Å²) in [5, 5.41) is 7.99. The molecule has 0 bridgehead atoms. The lowest BCUT2D eigenvalue weighted by atomic mass is 9.92. The summed E-state index contributed by atoms with van der Waals surface area (Å²) in [4.78, 5) is 108. The number of hydrogen-bond acceptors (Lipinski definition) is 16. The predicted octanol–water partition coefficient (Wildman–Crippen LogP) is 7.82. The van der Waals surface area contributed by atoms with Crippen molar-refractivity contribution in [2.75, 3.05) is 32.7 Å². The van der Waals surface area contributed by atoms with Crippen LogP contribution in [0, 0.1) is 30.6 Å². The Balaban J connectivity index is 1.52. The highest BCUT2D eigenvalue weighted by atomic mass is 33.1. The van der Waals surface area contributed by atoms with E-state index in [-0.39, 0.29) is 61.3 Å². The number of carbonyl (C=O) groups excluding carboxylic acids is 7. The molecule has 7 atom stereocenters. The molecule has 73 heavy (non-hydrogen) atoms. The Morgan fingerprint density at radius 3 is 2.27 bits per heavy atom. The Bertz CT molecular complexity index is 2250. The van der Waals surface area contributed by atoms with Gasteiger partial charge >= 0.3 is 18.0 Å². The minimum atomic E-state index is -1.03. The van der Waals surface area contributed by atoms with Gasteiger partial charge in [-0.2, -0.15) is 0 Å². The third-order valence-electron chi connectivity index (χ3n) is 12.6. The molecule has 1 aromatic carbocycles. The normalized spacial score (nSPS) is 16.2. The van der Waals surface area contributed by atoms with Crippen molar-refractivity contribution in [3.8, 4) is 0 Å². The number of rotatable bonds is 27. The second-order valence-electron chi connectivity index (χ2n) is 19.5. The Morgan fingerprint density at radius 2 is 1.63 bits per heavy atom. The number of pyridine rings is 1. The number of hydrazine groups is 1. The van der Waals surface area contributed by atoms with Gasteiger partial charge in [-0.3, -0.25) is 44.1 Å². The van der Waals surface area contributed by atoms with Crippen molar-refractivity contribution < 1.29 is 47.8 Å².